The summed E-state index contributed by atoms with van der Waals surface area (Å²) < 4.78 is 2.13. The van der Waals surface area contributed by atoms with Gasteiger partial charge < -0.3 is 9.47 Å². The lowest BCUT2D eigenvalue weighted by Crippen LogP contribution is -2.42. The van der Waals surface area contributed by atoms with Crippen molar-refractivity contribution in [1.82, 2.24) is 19.7 Å². The Kier molecular flexibility index (Phi) is 4.56. The molecule has 2 fully saturated rings. The Morgan fingerprint density at radius 3 is 2.57 bits per heavy atom. The molecule has 0 bridgehead atoms. The van der Waals surface area contributed by atoms with E-state index in [1.165, 1.54) is 19.3 Å². The van der Waals surface area contributed by atoms with Crippen LogP contribution in [0.5, 0.6) is 0 Å². The molecule has 0 N–H and O–H groups in total. The number of rotatable bonds is 3. The van der Waals surface area contributed by atoms with Crippen LogP contribution in [-0.4, -0.2) is 38.7 Å². The van der Waals surface area contributed by atoms with E-state index in [0.29, 0.717) is 17.7 Å². The SMILES string of the molecule is CCn1cnnc1C1CCN(C(=O)C2CCCCC2)CC1. The molecule has 0 unspecified atom stereocenters. The molecule has 1 saturated carbocycles. The van der Waals surface area contributed by atoms with Crippen molar-refractivity contribution in [2.24, 2.45) is 5.92 Å². The fourth-order valence-electron chi connectivity index (χ4n) is 3.79. The highest BCUT2D eigenvalue weighted by atomic mass is 16.2. The molecule has 0 atom stereocenters. The summed E-state index contributed by atoms with van der Waals surface area (Å²) in [7, 11) is 0. The highest BCUT2D eigenvalue weighted by molar-refractivity contribution is 5.79. The monoisotopic (exact) mass is 290 g/mol. The van der Waals surface area contributed by atoms with Crippen molar-refractivity contribution in [3.05, 3.63) is 12.2 Å². The third-order valence-electron chi connectivity index (χ3n) is 5.11. The zero-order valence-corrected chi connectivity index (χ0v) is 13.0. The first-order valence-electron chi connectivity index (χ1n) is 8.46. The van der Waals surface area contributed by atoms with Crippen molar-refractivity contribution >= 4 is 5.91 Å². The van der Waals surface area contributed by atoms with E-state index < -0.39 is 0 Å². The number of likely N-dealkylation sites (tertiary alicyclic amines) is 1. The van der Waals surface area contributed by atoms with Crippen molar-refractivity contribution in [2.45, 2.75) is 64.3 Å². The van der Waals surface area contributed by atoms with Gasteiger partial charge in [0.05, 0.1) is 0 Å². The van der Waals surface area contributed by atoms with Crippen LogP contribution in [0.2, 0.25) is 0 Å². The lowest BCUT2D eigenvalue weighted by molar-refractivity contribution is -0.137. The normalized spacial score (nSPS) is 21.7. The Bertz CT molecular complexity index is 470. The fourth-order valence-corrected chi connectivity index (χ4v) is 3.79. The molecule has 1 aliphatic heterocycles. The topological polar surface area (TPSA) is 51.0 Å². The van der Waals surface area contributed by atoms with Crippen molar-refractivity contribution < 1.29 is 4.79 Å². The predicted octanol–water partition coefficient (Wildman–Crippen LogP) is 2.58. The molecule has 3 rings (SSSR count). The number of carbonyl (C=O) groups is 1. The number of hydrogen-bond donors (Lipinski definition) is 0. The van der Waals surface area contributed by atoms with Gasteiger partial charge in [0, 0.05) is 31.5 Å². The summed E-state index contributed by atoms with van der Waals surface area (Å²) in [5.74, 6) is 2.27. The Morgan fingerprint density at radius 1 is 1.19 bits per heavy atom. The van der Waals surface area contributed by atoms with Crippen molar-refractivity contribution in [3.8, 4) is 0 Å². The number of carbonyl (C=O) groups excluding carboxylic acids is 1. The fraction of sp³-hybridized carbons (Fsp3) is 0.812. The van der Waals surface area contributed by atoms with E-state index in [-0.39, 0.29) is 0 Å². The molecule has 116 valence electrons. The number of piperidine rings is 1. The minimum atomic E-state index is 0.301. The first-order valence-corrected chi connectivity index (χ1v) is 8.46. The Hall–Kier alpha value is -1.39. The number of hydrogen-bond acceptors (Lipinski definition) is 3. The number of amides is 1. The zero-order valence-electron chi connectivity index (χ0n) is 13.0. The minimum Gasteiger partial charge on any atom is -0.342 e. The van der Waals surface area contributed by atoms with Gasteiger partial charge in [-0.1, -0.05) is 19.3 Å². The molecule has 1 saturated heterocycles. The maximum atomic E-state index is 12.6. The van der Waals surface area contributed by atoms with Crippen molar-refractivity contribution in [2.75, 3.05) is 13.1 Å². The van der Waals surface area contributed by atoms with Crippen LogP contribution >= 0.6 is 0 Å². The molecule has 21 heavy (non-hydrogen) atoms. The van der Waals surface area contributed by atoms with Gasteiger partial charge in [-0.25, -0.2) is 0 Å². The van der Waals surface area contributed by atoms with Gasteiger partial charge in [-0.2, -0.15) is 0 Å². The molecule has 0 aromatic carbocycles. The number of nitrogens with zero attached hydrogens (tertiary/aromatic N) is 4. The van der Waals surface area contributed by atoms with Crippen LogP contribution in [0.25, 0.3) is 0 Å². The standard InChI is InChI=1S/C16H26N4O/c1-2-19-12-17-18-15(19)13-8-10-20(11-9-13)16(21)14-6-4-3-5-7-14/h12-14H,2-11H2,1H3. The van der Waals surface area contributed by atoms with E-state index in [1.54, 1.807) is 0 Å². The van der Waals surface area contributed by atoms with E-state index in [2.05, 4.69) is 26.6 Å². The smallest absolute Gasteiger partial charge is 0.225 e. The van der Waals surface area contributed by atoms with Crippen LogP contribution in [0.15, 0.2) is 6.33 Å². The van der Waals surface area contributed by atoms with E-state index in [9.17, 15) is 4.79 Å². The Morgan fingerprint density at radius 2 is 1.90 bits per heavy atom. The summed E-state index contributed by atoms with van der Waals surface area (Å²) in [6.07, 6.45) is 9.83. The summed E-state index contributed by atoms with van der Waals surface area (Å²) in [5, 5.41) is 8.31. The van der Waals surface area contributed by atoms with Gasteiger partial charge in [-0.15, -0.1) is 10.2 Å². The third kappa shape index (κ3) is 3.11. The lowest BCUT2D eigenvalue weighted by Gasteiger charge is -2.35. The summed E-state index contributed by atoms with van der Waals surface area (Å²) >= 11 is 0. The quantitative estimate of drug-likeness (QED) is 0.859. The molecule has 1 aliphatic carbocycles. The molecular formula is C16H26N4O. The maximum Gasteiger partial charge on any atom is 0.225 e. The van der Waals surface area contributed by atoms with Crippen LogP contribution in [-0.2, 0) is 11.3 Å². The van der Waals surface area contributed by atoms with E-state index in [4.69, 9.17) is 0 Å². The molecule has 5 nitrogen and oxygen atoms in total. The Labute approximate surface area is 126 Å². The molecule has 5 heteroatoms. The van der Waals surface area contributed by atoms with Gasteiger partial charge in [0.2, 0.25) is 5.91 Å². The highest BCUT2D eigenvalue weighted by Crippen LogP contribution is 2.30. The van der Waals surface area contributed by atoms with Crippen molar-refractivity contribution in [1.29, 1.82) is 0 Å². The molecule has 0 radical (unpaired) electrons. The second kappa shape index (κ2) is 6.58. The molecule has 1 amide bonds. The molecular weight excluding hydrogens is 264 g/mol. The molecule has 1 aromatic rings. The van der Waals surface area contributed by atoms with Gasteiger partial charge in [-0.3, -0.25) is 4.79 Å². The summed E-state index contributed by atoms with van der Waals surface area (Å²) in [5.41, 5.74) is 0. The predicted molar refractivity (Wildman–Crippen MR) is 80.8 cm³/mol. The number of aryl methyl sites for hydroxylation is 1. The Balaban J connectivity index is 1.56. The van der Waals surface area contributed by atoms with Crippen LogP contribution in [0.4, 0.5) is 0 Å². The molecule has 2 heterocycles. The average molecular weight is 290 g/mol. The second-order valence-corrected chi connectivity index (χ2v) is 6.41. The third-order valence-corrected chi connectivity index (χ3v) is 5.11. The van der Waals surface area contributed by atoms with Crippen molar-refractivity contribution in [3.63, 3.8) is 0 Å². The zero-order chi connectivity index (χ0) is 14.7. The lowest BCUT2D eigenvalue weighted by atomic mass is 9.87. The van der Waals surface area contributed by atoms with Crippen LogP contribution < -0.4 is 0 Å². The van der Waals surface area contributed by atoms with Gasteiger partial charge in [-0.05, 0) is 32.6 Å². The highest BCUT2D eigenvalue weighted by Gasteiger charge is 2.30. The molecule has 1 aromatic heterocycles. The van der Waals surface area contributed by atoms with E-state index >= 15 is 0 Å². The first-order chi connectivity index (χ1) is 10.3. The van der Waals surface area contributed by atoms with E-state index in [0.717, 1.165) is 51.1 Å². The van der Waals surface area contributed by atoms with Gasteiger partial charge >= 0.3 is 0 Å². The average Bonchev–Trinajstić information content (AvgIpc) is 3.04. The molecule has 2 aliphatic rings. The molecule has 0 spiro atoms. The van der Waals surface area contributed by atoms with Crippen LogP contribution in [0.1, 0.15) is 63.6 Å². The van der Waals surface area contributed by atoms with Gasteiger partial charge in [0.15, 0.2) is 0 Å². The summed E-state index contributed by atoms with van der Waals surface area (Å²) in [4.78, 5) is 14.7. The van der Waals surface area contributed by atoms with Gasteiger partial charge in [0.25, 0.3) is 0 Å². The number of aromatic nitrogens is 3. The largest absolute Gasteiger partial charge is 0.342 e. The van der Waals surface area contributed by atoms with E-state index in [1.807, 2.05) is 6.33 Å². The van der Waals surface area contributed by atoms with Crippen LogP contribution in [0, 0.1) is 5.92 Å². The van der Waals surface area contributed by atoms with Crippen LogP contribution in [0.3, 0.4) is 0 Å². The minimum absolute atomic E-state index is 0.301. The van der Waals surface area contributed by atoms with Gasteiger partial charge in [0.1, 0.15) is 12.2 Å². The first kappa shape index (κ1) is 14.5. The maximum absolute atomic E-state index is 12.6. The second-order valence-electron chi connectivity index (χ2n) is 6.41. The summed E-state index contributed by atoms with van der Waals surface area (Å²) in [6, 6.07) is 0. The summed E-state index contributed by atoms with van der Waals surface area (Å²) in [6.45, 7) is 4.81.